The highest BCUT2D eigenvalue weighted by atomic mass is 32.2. The molecule has 0 heterocycles. The predicted octanol–water partition coefficient (Wildman–Crippen LogP) is 7.27. The van der Waals surface area contributed by atoms with E-state index in [4.69, 9.17) is 0 Å². The Kier molecular flexibility index (Phi) is 6.99. The summed E-state index contributed by atoms with van der Waals surface area (Å²) in [7, 11) is 0. The molecule has 0 spiro atoms. The number of ketones is 1. The van der Waals surface area contributed by atoms with Crippen LogP contribution in [-0.2, 0) is 5.41 Å². The van der Waals surface area contributed by atoms with Crippen molar-refractivity contribution in [2.24, 2.45) is 0 Å². The van der Waals surface area contributed by atoms with E-state index in [0.717, 1.165) is 11.3 Å². The summed E-state index contributed by atoms with van der Waals surface area (Å²) in [6.07, 6.45) is 2.35. The van der Waals surface area contributed by atoms with Crippen LogP contribution >= 0.6 is 11.8 Å². The number of anilines is 1. The molecule has 3 rings (SSSR count). The fourth-order valence-electron chi connectivity index (χ4n) is 3.30. The minimum Gasteiger partial charge on any atom is -0.378 e. The van der Waals surface area contributed by atoms with Crippen LogP contribution in [0.15, 0.2) is 77.7 Å². The molecule has 0 fully saturated rings. The lowest BCUT2D eigenvalue weighted by atomic mass is 9.86. The van der Waals surface area contributed by atoms with Crippen LogP contribution in [0.3, 0.4) is 0 Å². The molecule has 0 aliphatic rings. The molecule has 156 valence electrons. The Hall–Kier alpha value is -2.59. The third-order valence-corrected chi connectivity index (χ3v) is 5.91. The van der Waals surface area contributed by atoms with Crippen molar-refractivity contribution in [3.8, 4) is 0 Å². The zero-order valence-electron chi connectivity index (χ0n) is 17.9. The lowest BCUT2D eigenvalue weighted by Gasteiger charge is -2.21. The van der Waals surface area contributed by atoms with Gasteiger partial charge in [0.2, 0.25) is 0 Å². The first-order valence-corrected chi connectivity index (χ1v) is 11.3. The van der Waals surface area contributed by atoms with Crippen LogP contribution in [0.1, 0.15) is 54.7 Å². The number of nitrogens with one attached hydrogen (secondary N) is 1. The van der Waals surface area contributed by atoms with E-state index in [1.165, 1.54) is 22.6 Å². The smallest absolute Gasteiger partial charge is 0.165 e. The molecule has 0 saturated heterocycles. The van der Waals surface area contributed by atoms with Gasteiger partial charge in [0, 0.05) is 22.6 Å². The molecule has 0 aromatic heterocycles. The molecule has 4 heteroatoms. The van der Waals surface area contributed by atoms with Gasteiger partial charge in [0.15, 0.2) is 5.78 Å². The molecule has 1 unspecified atom stereocenters. The Morgan fingerprint density at radius 3 is 2.07 bits per heavy atom. The Morgan fingerprint density at radius 2 is 1.53 bits per heavy atom. The van der Waals surface area contributed by atoms with E-state index in [1.807, 2.05) is 42.7 Å². The van der Waals surface area contributed by atoms with Gasteiger partial charge in [0.25, 0.3) is 0 Å². The molecular formula is C26H28FNOS. The summed E-state index contributed by atoms with van der Waals surface area (Å²) >= 11 is 1.68. The van der Waals surface area contributed by atoms with E-state index in [-0.39, 0.29) is 23.1 Å². The summed E-state index contributed by atoms with van der Waals surface area (Å²) in [5.74, 6) is -0.208. The van der Waals surface area contributed by atoms with E-state index in [2.05, 4.69) is 38.2 Å². The molecule has 0 aliphatic heterocycles. The number of thioether (sulfide) groups is 1. The van der Waals surface area contributed by atoms with Gasteiger partial charge in [-0.25, -0.2) is 4.39 Å². The Labute approximate surface area is 182 Å². The molecule has 0 bridgehead atoms. The second kappa shape index (κ2) is 9.48. The third kappa shape index (κ3) is 5.73. The SMILES string of the molecule is CSc1ccc(C(CC(=O)c2ccc(C(C)(C)C)cc2)Nc2ccc(F)cc2)cc1. The van der Waals surface area contributed by atoms with Crippen LogP contribution in [0.2, 0.25) is 0 Å². The van der Waals surface area contributed by atoms with Gasteiger partial charge in [0.1, 0.15) is 5.82 Å². The third-order valence-electron chi connectivity index (χ3n) is 5.17. The van der Waals surface area contributed by atoms with E-state index in [0.29, 0.717) is 12.0 Å². The van der Waals surface area contributed by atoms with Crippen LogP contribution in [0.5, 0.6) is 0 Å². The second-order valence-corrected chi connectivity index (χ2v) is 9.31. The highest BCUT2D eigenvalue weighted by Gasteiger charge is 2.19. The standard InChI is InChI=1S/C26H28FNOS/c1-26(2,3)20-9-5-19(6-10-20)25(29)17-24(18-7-15-23(30-4)16-8-18)28-22-13-11-21(27)12-14-22/h5-16,24,28H,17H2,1-4H3. The quantitative estimate of drug-likeness (QED) is 0.321. The van der Waals surface area contributed by atoms with Crippen molar-refractivity contribution in [1.29, 1.82) is 0 Å². The van der Waals surface area contributed by atoms with Gasteiger partial charge in [-0.15, -0.1) is 11.8 Å². The molecule has 0 radical (unpaired) electrons. The number of benzene rings is 3. The van der Waals surface area contributed by atoms with Gasteiger partial charge in [-0.05, 0) is 59.2 Å². The first kappa shape index (κ1) is 22.1. The van der Waals surface area contributed by atoms with Gasteiger partial charge in [0.05, 0.1) is 6.04 Å². The molecule has 3 aromatic rings. The number of carbonyl (C=O) groups excluding carboxylic acids is 1. The number of rotatable bonds is 7. The van der Waals surface area contributed by atoms with Crippen molar-refractivity contribution in [3.63, 3.8) is 0 Å². The topological polar surface area (TPSA) is 29.1 Å². The zero-order valence-corrected chi connectivity index (χ0v) is 18.7. The average Bonchev–Trinajstić information content (AvgIpc) is 2.74. The summed E-state index contributed by atoms with van der Waals surface area (Å²) in [4.78, 5) is 14.2. The van der Waals surface area contributed by atoms with Gasteiger partial charge in [-0.1, -0.05) is 57.2 Å². The summed E-state index contributed by atoms with van der Waals surface area (Å²) in [5.41, 5.74) is 3.76. The van der Waals surface area contributed by atoms with Gasteiger partial charge >= 0.3 is 0 Å². The fourth-order valence-corrected chi connectivity index (χ4v) is 3.70. The minimum atomic E-state index is -0.281. The number of carbonyl (C=O) groups is 1. The number of halogens is 1. The molecule has 2 nitrogen and oxygen atoms in total. The summed E-state index contributed by atoms with van der Waals surface area (Å²) < 4.78 is 13.3. The highest BCUT2D eigenvalue weighted by molar-refractivity contribution is 7.98. The first-order chi connectivity index (χ1) is 14.3. The van der Waals surface area contributed by atoms with E-state index >= 15 is 0 Å². The van der Waals surface area contributed by atoms with Crippen molar-refractivity contribution >= 4 is 23.2 Å². The van der Waals surface area contributed by atoms with Gasteiger partial charge in [-0.2, -0.15) is 0 Å². The monoisotopic (exact) mass is 421 g/mol. The van der Waals surface area contributed by atoms with Crippen LogP contribution in [0, 0.1) is 5.82 Å². The van der Waals surface area contributed by atoms with Gasteiger partial charge in [-0.3, -0.25) is 4.79 Å². The van der Waals surface area contributed by atoms with Crippen molar-refractivity contribution < 1.29 is 9.18 Å². The van der Waals surface area contributed by atoms with Crippen molar-refractivity contribution in [2.45, 2.75) is 43.5 Å². The average molecular weight is 422 g/mol. The predicted molar refractivity (Wildman–Crippen MR) is 125 cm³/mol. The van der Waals surface area contributed by atoms with E-state index < -0.39 is 0 Å². The Balaban J connectivity index is 1.83. The minimum absolute atomic E-state index is 0.0489. The molecule has 0 saturated carbocycles. The fraction of sp³-hybridized carbons (Fsp3) is 0.269. The normalized spacial score (nSPS) is 12.4. The lowest BCUT2D eigenvalue weighted by Crippen LogP contribution is -2.16. The number of hydrogen-bond acceptors (Lipinski definition) is 3. The van der Waals surface area contributed by atoms with Crippen LogP contribution in [0.4, 0.5) is 10.1 Å². The molecular weight excluding hydrogens is 393 g/mol. The van der Waals surface area contributed by atoms with Crippen molar-refractivity contribution in [1.82, 2.24) is 0 Å². The maximum atomic E-state index is 13.3. The zero-order chi connectivity index (χ0) is 21.7. The number of hydrogen-bond donors (Lipinski definition) is 1. The van der Waals surface area contributed by atoms with Crippen LogP contribution in [0.25, 0.3) is 0 Å². The molecule has 0 amide bonds. The summed E-state index contributed by atoms with van der Waals surface area (Å²) in [6.45, 7) is 6.47. The molecule has 3 aromatic carbocycles. The van der Waals surface area contributed by atoms with Crippen LogP contribution < -0.4 is 5.32 Å². The summed E-state index contributed by atoms with van der Waals surface area (Å²) in [5, 5.41) is 3.40. The van der Waals surface area contributed by atoms with Crippen molar-refractivity contribution in [2.75, 3.05) is 11.6 Å². The maximum Gasteiger partial charge on any atom is 0.165 e. The highest BCUT2D eigenvalue weighted by Crippen LogP contribution is 2.28. The Morgan fingerprint density at radius 1 is 0.933 bits per heavy atom. The molecule has 0 aliphatic carbocycles. The van der Waals surface area contributed by atoms with E-state index in [9.17, 15) is 9.18 Å². The van der Waals surface area contributed by atoms with Crippen LogP contribution in [-0.4, -0.2) is 12.0 Å². The molecule has 30 heavy (non-hydrogen) atoms. The largest absolute Gasteiger partial charge is 0.378 e. The molecule has 1 atom stereocenters. The maximum absolute atomic E-state index is 13.3. The number of Topliss-reactive ketones (excluding diaryl/α,β-unsaturated/α-hetero) is 1. The molecule has 1 N–H and O–H groups in total. The van der Waals surface area contributed by atoms with Gasteiger partial charge < -0.3 is 5.32 Å². The summed E-state index contributed by atoms with van der Waals surface area (Å²) in [6, 6.07) is 22.1. The Bertz CT molecular complexity index is 974. The first-order valence-electron chi connectivity index (χ1n) is 10.1. The van der Waals surface area contributed by atoms with E-state index in [1.54, 1.807) is 23.9 Å². The second-order valence-electron chi connectivity index (χ2n) is 8.43. The van der Waals surface area contributed by atoms with Crippen molar-refractivity contribution in [3.05, 3.63) is 95.3 Å². The lowest BCUT2D eigenvalue weighted by molar-refractivity contribution is 0.0976.